The molecule has 1 aliphatic carbocycles. The third kappa shape index (κ3) is 4.44. The molecular weight excluding hydrogens is 348 g/mol. The van der Waals surface area contributed by atoms with Crippen molar-refractivity contribution in [2.75, 3.05) is 0 Å². The molecule has 0 unspecified atom stereocenters. The number of carbonyl (C=O) groups excluding carboxylic acids is 6. The van der Waals surface area contributed by atoms with E-state index < -0.39 is 47.4 Å². The van der Waals surface area contributed by atoms with Crippen molar-refractivity contribution in [3.05, 3.63) is 0 Å². The lowest BCUT2D eigenvalue weighted by molar-refractivity contribution is -0.206. The van der Waals surface area contributed by atoms with E-state index in [0.29, 0.717) is 35.8 Å². The van der Waals surface area contributed by atoms with Gasteiger partial charge in [0, 0.05) is 26.7 Å². The molecule has 1 saturated heterocycles. The topological polar surface area (TPSA) is 127 Å². The van der Waals surface area contributed by atoms with E-state index in [1.807, 2.05) is 0 Å². The second kappa shape index (κ2) is 8.07. The van der Waals surface area contributed by atoms with Gasteiger partial charge in [-0.3, -0.25) is 19.2 Å². The third-order valence-corrected chi connectivity index (χ3v) is 4.33. The van der Waals surface area contributed by atoms with Crippen LogP contribution >= 0.6 is 0 Å². The lowest BCUT2D eigenvalue weighted by Crippen LogP contribution is -2.39. The van der Waals surface area contributed by atoms with Crippen molar-refractivity contribution in [3.63, 3.8) is 0 Å². The molecule has 0 N–H and O–H groups in total. The first kappa shape index (κ1) is 19.5. The summed E-state index contributed by atoms with van der Waals surface area (Å²) in [4.78, 5) is 79.3. The van der Waals surface area contributed by atoms with E-state index in [-0.39, 0.29) is 12.8 Å². The Kier molecular flexibility index (Phi) is 6.06. The van der Waals surface area contributed by atoms with Crippen LogP contribution in [0.2, 0.25) is 0 Å². The average Bonchev–Trinajstić information content (AvgIpc) is 2.90. The summed E-state index contributed by atoms with van der Waals surface area (Å²) in [7, 11) is 0. The first-order valence-corrected chi connectivity index (χ1v) is 8.31. The van der Waals surface area contributed by atoms with Gasteiger partial charge < -0.3 is 9.68 Å². The second-order valence-corrected chi connectivity index (χ2v) is 6.28. The predicted molar refractivity (Wildman–Crippen MR) is 81.9 cm³/mol. The number of rotatable bonds is 3. The molecular formula is C16H20N2O8. The Balaban J connectivity index is 1.84. The maximum absolute atomic E-state index is 12.1. The molecule has 0 radical (unpaired) electrons. The van der Waals surface area contributed by atoms with Crippen LogP contribution < -0.4 is 0 Å². The zero-order valence-electron chi connectivity index (χ0n) is 14.6. The highest BCUT2D eigenvalue weighted by atomic mass is 16.7. The summed E-state index contributed by atoms with van der Waals surface area (Å²) in [5, 5.41) is 0.896. The summed E-state index contributed by atoms with van der Waals surface area (Å²) in [5.41, 5.74) is 0. The van der Waals surface area contributed by atoms with Crippen molar-refractivity contribution in [2.24, 2.45) is 11.8 Å². The van der Waals surface area contributed by atoms with Crippen LogP contribution in [0.25, 0.3) is 0 Å². The van der Waals surface area contributed by atoms with Gasteiger partial charge in [0.2, 0.25) is 0 Å². The van der Waals surface area contributed by atoms with Crippen molar-refractivity contribution in [1.82, 2.24) is 10.1 Å². The van der Waals surface area contributed by atoms with E-state index in [1.54, 1.807) is 0 Å². The fourth-order valence-corrected chi connectivity index (χ4v) is 2.90. The minimum absolute atomic E-state index is 0.0213. The molecule has 0 aromatic heterocycles. The number of imide groups is 2. The molecule has 0 bridgehead atoms. The molecule has 26 heavy (non-hydrogen) atoms. The standard InChI is InChI=1S/C16H20N2O8/c1-9(19)17(10(2)20)25-15(23)11-3-5-12(6-4-11)16(24)26-18-13(21)7-8-14(18)22/h11-12H,3-8H2,1-2H3. The largest absolute Gasteiger partial charge is 0.336 e. The molecule has 2 rings (SSSR count). The Morgan fingerprint density at radius 3 is 1.69 bits per heavy atom. The fraction of sp³-hybridized carbons (Fsp3) is 0.625. The van der Waals surface area contributed by atoms with Crippen LogP contribution in [0.15, 0.2) is 0 Å². The van der Waals surface area contributed by atoms with Gasteiger partial charge in [0.05, 0.1) is 11.8 Å². The summed E-state index contributed by atoms with van der Waals surface area (Å²) in [6, 6.07) is 0. The molecule has 1 saturated carbocycles. The van der Waals surface area contributed by atoms with Crippen LogP contribution in [0.4, 0.5) is 0 Å². The summed E-state index contributed by atoms with van der Waals surface area (Å²) in [6.45, 7) is 2.20. The van der Waals surface area contributed by atoms with Crippen LogP contribution in [-0.2, 0) is 38.4 Å². The normalized spacial score (nSPS) is 22.8. The van der Waals surface area contributed by atoms with E-state index in [2.05, 4.69) is 0 Å². The van der Waals surface area contributed by atoms with E-state index >= 15 is 0 Å². The molecule has 0 atom stereocenters. The summed E-state index contributed by atoms with van der Waals surface area (Å²) in [5.74, 6) is -5.01. The van der Waals surface area contributed by atoms with Crippen molar-refractivity contribution in [1.29, 1.82) is 0 Å². The first-order valence-electron chi connectivity index (χ1n) is 8.31. The molecule has 1 aliphatic heterocycles. The first-order chi connectivity index (χ1) is 12.2. The minimum Gasteiger partial charge on any atom is -0.330 e. The highest BCUT2D eigenvalue weighted by Gasteiger charge is 2.38. The van der Waals surface area contributed by atoms with Gasteiger partial charge in [-0.05, 0) is 25.7 Å². The molecule has 1 heterocycles. The van der Waals surface area contributed by atoms with Crippen LogP contribution in [0.5, 0.6) is 0 Å². The number of hydroxylamine groups is 4. The SMILES string of the molecule is CC(=O)N(OC(=O)C1CCC(C(=O)ON2C(=O)CCC2=O)CC1)C(C)=O. The Bertz CT molecular complexity index is 597. The number of hydrogen-bond acceptors (Lipinski definition) is 8. The predicted octanol–water partition coefficient (Wildman–Crippen LogP) is 0.253. The molecule has 10 heteroatoms. The molecule has 0 spiro atoms. The lowest BCUT2D eigenvalue weighted by atomic mass is 9.82. The minimum atomic E-state index is -0.716. The highest BCUT2D eigenvalue weighted by molar-refractivity contribution is 6.01. The molecule has 0 aromatic rings. The molecule has 0 aromatic carbocycles. The molecule has 2 aliphatic rings. The summed E-state index contributed by atoms with van der Waals surface area (Å²) >= 11 is 0. The van der Waals surface area contributed by atoms with E-state index in [9.17, 15) is 28.8 Å². The third-order valence-electron chi connectivity index (χ3n) is 4.33. The lowest BCUT2D eigenvalue weighted by Gasteiger charge is -2.27. The smallest absolute Gasteiger partial charge is 0.330 e. The van der Waals surface area contributed by atoms with Crippen LogP contribution in [0.3, 0.4) is 0 Å². The summed E-state index contributed by atoms with van der Waals surface area (Å²) < 4.78 is 0. The zero-order valence-corrected chi connectivity index (χ0v) is 14.6. The maximum atomic E-state index is 12.1. The maximum Gasteiger partial charge on any atom is 0.336 e. The Morgan fingerprint density at radius 1 is 0.846 bits per heavy atom. The van der Waals surface area contributed by atoms with Crippen molar-refractivity contribution < 1.29 is 38.4 Å². The van der Waals surface area contributed by atoms with Crippen molar-refractivity contribution in [3.8, 4) is 0 Å². The van der Waals surface area contributed by atoms with Gasteiger partial charge in [0.15, 0.2) is 0 Å². The number of hydrogen-bond donors (Lipinski definition) is 0. The monoisotopic (exact) mass is 368 g/mol. The molecule has 2 fully saturated rings. The highest BCUT2D eigenvalue weighted by Crippen LogP contribution is 2.31. The average molecular weight is 368 g/mol. The Morgan fingerprint density at radius 2 is 1.27 bits per heavy atom. The molecule has 4 amide bonds. The second-order valence-electron chi connectivity index (χ2n) is 6.28. The van der Waals surface area contributed by atoms with E-state index in [4.69, 9.17) is 9.68 Å². The fourth-order valence-electron chi connectivity index (χ4n) is 2.90. The van der Waals surface area contributed by atoms with Crippen LogP contribution in [0.1, 0.15) is 52.4 Å². The Hall–Kier alpha value is -2.78. The van der Waals surface area contributed by atoms with E-state index in [0.717, 1.165) is 13.8 Å². The quantitative estimate of drug-likeness (QED) is 0.512. The number of carbonyl (C=O) groups is 6. The van der Waals surface area contributed by atoms with E-state index in [1.165, 1.54) is 0 Å². The van der Waals surface area contributed by atoms with Crippen LogP contribution in [-0.4, -0.2) is 45.7 Å². The van der Waals surface area contributed by atoms with Gasteiger partial charge >= 0.3 is 11.9 Å². The molecule has 142 valence electrons. The molecule has 10 nitrogen and oxygen atoms in total. The van der Waals surface area contributed by atoms with Crippen molar-refractivity contribution >= 4 is 35.6 Å². The zero-order chi connectivity index (χ0) is 19.4. The summed E-state index contributed by atoms with van der Waals surface area (Å²) in [6.07, 6.45) is 1.24. The van der Waals surface area contributed by atoms with Gasteiger partial charge in [-0.2, -0.15) is 0 Å². The van der Waals surface area contributed by atoms with Crippen LogP contribution in [0, 0.1) is 11.8 Å². The number of amides is 4. The van der Waals surface area contributed by atoms with Gasteiger partial charge in [-0.25, -0.2) is 9.59 Å². The number of nitrogens with zero attached hydrogens (tertiary/aromatic N) is 2. The van der Waals surface area contributed by atoms with Gasteiger partial charge in [-0.1, -0.05) is 0 Å². The van der Waals surface area contributed by atoms with Gasteiger partial charge in [-0.15, -0.1) is 10.1 Å². The Labute approximate surface area is 149 Å². The van der Waals surface area contributed by atoms with Crippen molar-refractivity contribution in [2.45, 2.75) is 52.4 Å². The van der Waals surface area contributed by atoms with Gasteiger partial charge in [0.25, 0.3) is 23.6 Å². The van der Waals surface area contributed by atoms with Gasteiger partial charge in [0.1, 0.15) is 0 Å².